The van der Waals surface area contributed by atoms with Gasteiger partial charge >= 0.3 is 0 Å². The monoisotopic (exact) mass is 281 g/mol. The van der Waals surface area contributed by atoms with Crippen molar-refractivity contribution in [1.29, 1.82) is 0 Å². The Labute approximate surface area is 124 Å². The van der Waals surface area contributed by atoms with Crippen LogP contribution in [0.2, 0.25) is 0 Å². The number of benzene rings is 2. The Morgan fingerprint density at radius 2 is 2.00 bits per heavy atom. The molecule has 21 heavy (non-hydrogen) atoms. The fraction of sp³-hybridized carbons (Fsp3) is 0.278. The molecule has 1 amide bonds. The van der Waals surface area contributed by atoms with E-state index in [1.54, 1.807) is 18.2 Å². The van der Waals surface area contributed by atoms with Crippen LogP contribution in [0.5, 0.6) is 5.75 Å². The minimum absolute atomic E-state index is 0.0516. The van der Waals surface area contributed by atoms with Crippen molar-refractivity contribution in [2.75, 3.05) is 11.4 Å². The molecule has 0 spiro atoms. The van der Waals surface area contributed by atoms with E-state index in [4.69, 9.17) is 0 Å². The van der Waals surface area contributed by atoms with Crippen LogP contribution in [0, 0.1) is 12.8 Å². The standard InChI is InChI=1S/C18H19NO2/c1-12-9-14-5-3-4-6-16(14)19(11-12)18(21)15-8-7-13(2)17(20)10-15/h3-8,10,12,20H,9,11H2,1-2H3. The lowest BCUT2D eigenvalue weighted by Gasteiger charge is -2.33. The van der Waals surface area contributed by atoms with Crippen molar-refractivity contribution in [2.45, 2.75) is 20.3 Å². The Bertz CT molecular complexity index is 693. The number of phenolic OH excluding ortho intramolecular Hbond substituents is 1. The second-order valence-electron chi connectivity index (χ2n) is 5.86. The Kier molecular flexibility index (Phi) is 3.42. The van der Waals surface area contributed by atoms with Crippen LogP contribution in [-0.2, 0) is 6.42 Å². The maximum absolute atomic E-state index is 12.8. The maximum Gasteiger partial charge on any atom is 0.258 e. The Morgan fingerprint density at radius 1 is 1.24 bits per heavy atom. The minimum atomic E-state index is -0.0516. The molecular weight excluding hydrogens is 262 g/mol. The highest BCUT2D eigenvalue weighted by Crippen LogP contribution is 2.31. The number of carbonyl (C=O) groups is 1. The van der Waals surface area contributed by atoms with Crippen molar-refractivity contribution in [3.63, 3.8) is 0 Å². The first kappa shape index (κ1) is 13.7. The van der Waals surface area contributed by atoms with E-state index in [0.29, 0.717) is 18.0 Å². The first-order chi connectivity index (χ1) is 10.1. The van der Waals surface area contributed by atoms with E-state index in [1.807, 2.05) is 30.0 Å². The summed E-state index contributed by atoms with van der Waals surface area (Å²) in [4.78, 5) is 14.6. The molecule has 1 unspecified atom stereocenters. The van der Waals surface area contributed by atoms with Crippen molar-refractivity contribution >= 4 is 11.6 Å². The maximum atomic E-state index is 12.8. The van der Waals surface area contributed by atoms with E-state index in [-0.39, 0.29) is 11.7 Å². The number of fused-ring (bicyclic) bond motifs is 1. The van der Waals surface area contributed by atoms with Crippen LogP contribution in [0.25, 0.3) is 0 Å². The number of nitrogens with zero attached hydrogens (tertiary/aromatic N) is 1. The lowest BCUT2D eigenvalue weighted by molar-refractivity contribution is 0.0980. The van der Waals surface area contributed by atoms with Crippen molar-refractivity contribution in [2.24, 2.45) is 5.92 Å². The third-order valence-corrected chi connectivity index (χ3v) is 4.05. The van der Waals surface area contributed by atoms with Gasteiger partial charge < -0.3 is 10.0 Å². The number of hydrogen-bond acceptors (Lipinski definition) is 2. The predicted molar refractivity (Wildman–Crippen MR) is 83.8 cm³/mol. The van der Waals surface area contributed by atoms with Crippen LogP contribution in [0.1, 0.15) is 28.4 Å². The molecule has 1 heterocycles. The van der Waals surface area contributed by atoms with Gasteiger partial charge in [0.2, 0.25) is 0 Å². The topological polar surface area (TPSA) is 40.5 Å². The Morgan fingerprint density at radius 3 is 2.76 bits per heavy atom. The summed E-state index contributed by atoms with van der Waals surface area (Å²) in [5, 5.41) is 9.82. The summed E-state index contributed by atoms with van der Waals surface area (Å²) in [7, 11) is 0. The SMILES string of the molecule is Cc1ccc(C(=O)N2CC(C)Cc3ccccc32)cc1O. The van der Waals surface area contributed by atoms with Gasteiger partial charge in [0.15, 0.2) is 0 Å². The summed E-state index contributed by atoms with van der Waals surface area (Å²) in [6, 6.07) is 13.2. The molecule has 1 aliphatic rings. The van der Waals surface area contributed by atoms with Gasteiger partial charge in [0, 0.05) is 17.8 Å². The smallest absolute Gasteiger partial charge is 0.258 e. The molecule has 0 aromatic heterocycles. The minimum Gasteiger partial charge on any atom is -0.508 e. The molecule has 1 atom stereocenters. The van der Waals surface area contributed by atoms with Crippen molar-refractivity contribution < 1.29 is 9.90 Å². The van der Waals surface area contributed by atoms with Gasteiger partial charge in [-0.3, -0.25) is 4.79 Å². The van der Waals surface area contributed by atoms with Crippen LogP contribution in [-0.4, -0.2) is 17.6 Å². The number of hydrogen-bond donors (Lipinski definition) is 1. The average molecular weight is 281 g/mol. The fourth-order valence-corrected chi connectivity index (χ4v) is 2.89. The number of rotatable bonds is 1. The molecule has 1 aliphatic heterocycles. The summed E-state index contributed by atoms with van der Waals surface area (Å²) in [6.07, 6.45) is 0.999. The average Bonchev–Trinajstić information content (AvgIpc) is 2.48. The first-order valence-electron chi connectivity index (χ1n) is 7.25. The number of carbonyl (C=O) groups excluding carboxylic acids is 1. The van der Waals surface area contributed by atoms with Gasteiger partial charge in [-0.2, -0.15) is 0 Å². The molecule has 2 aromatic rings. The van der Waals surface area contributed by atoms with Gasteiger partial charge in [-0.05, 0) is 48.6 Å². The summed E-state index contributed by atoms with van der Waals surface area (Å²) in [5.41, 5.74) is 3.50. The van der Waals surface area contributed by atoms with Gasteiger partial charge in [-0.15, -0.1) is 0 Å². The largest absolute Gasteiger partial charge is 0.508 e. The number of amides is 1. The van der Waals surface area contributed by atoms with E-state index < -0.39 is 0 Å². The van der Waals surface area contributed by atoms with E-state index in [0.717, 1.165) is 17.7 Å². The molecule has 1 N–H and O–H groups in total. The molecule has 3 rings (SSSR count). The zero-order valence-electron chi connectivity index (χ0n) is 12.3. The Balaban J connectivity index is 1.99. The zero-order chi connectivity index (χ0) is 15.0. The summed E-state index contributed by atoms with van der Waals surface area (Å²) < 4.78 is 0. The third-order valence-electron chi connectivity index (χ3n) is 4.05. The van der Waals surface area contributed by atoms with Crippen LogP contribution in [0.15, 0.2) is 42.5 Å². The van der Waals surface area contributed by atoms with Crippen LogP contribution < -0.4 is 4.90 Å². The van der Waals surface area contributed by atoms with Gasteiger partial charge in [0.25, 0.3) is 5.91 Å². The quantitative estimate of drug-likeness (QED) is 0.868. The molecular formula is C18H19NO2. The molecule has 108 valence electrons. The van der Waals surface area contributed by atoms with Gasteiger partial charge in [0.05, 0.1) is 0 Å². The van der Waals surface area contributed by atoms with Crippen LogP contribution in [0.3, 0.4) is 0 Å². The number of anilines is 1. The lowest BCUT2D eigenvalue weighted by atomic mass is 9.93. The molecule has 0 saturated carbocycles. The second kappa shape index (κ2) is 5.24. The van der Waals surface area contributed by atoms with Gasteiger partial charge in [0.1, 0.15) is 5.75 Å². The zero-order valence-corrected chi connectivity index (χ0v) is 12.3. The Hall–Kier alpha value is -2.29. The molecule has 0 fully saturated rings. The van der Waals surface area contributed by atoms with E-state index in [2.05, 4.69) is 13.0 Å². The molecule has 0 aliphatic carbocycles. The highest BCUT2D eigenvalue weighted by atomic mass is 16.3. The fourth-order valence-electron chi connectivity index (χ4n) is 2.89. The highest BCUT2D eigenvalue weighted by molar-refractivity contribution is 6.07. The van der Waals surface area contributed by atoms with Crippen LogP contribution in [0.4, 0.5) is 5.69 Å². The normalized spacial score (nSPS) is 17.4. The molecule has 3 nitrogen and oxygen atoms in total. The van der Waals surface area contributed by atoms with E-state index in [1.165, 1.54) is 5.56 Å². The van der Waals surface area contributed by atoms with Crippen LogP contribution >= 0.6 is 0 Å². The van der Waals surface area contributed by atoms with Crippen molar-refractivity contribution in [1.82, 2.24) is 0 Å². The summed E-state index contributed by atoms with van der Waals surface area (Å²) in [6.45, 7) is 4.69. The molecule has 2 aromatic carbocycles. The lowest BCUT2D eigenvalue weighted by Crippen LogP contribution is -2.39. The van der Waals surface area contributed by atoms with Gasteiger partial charge in [-0.1, -0.05) is 31.2 Å². The molecule has 0 saturated heterocycles. The van der Waals surface area contributed by atoms with Gasteiger partial charge in [-0.25, -0.2) is 0 Å². The molecule has 3 heteroatoms. The third kappa shape index (κ3) is 2.51. The molecule has 0 radical (unpaired) electrons. The summed E-state index contributed by atoms with van der Waals surface area (Å²) >= 11 is 0. The van der Waals surface area contributed by atoms with Crippen molar-refractivity contribution in [3.05, 3.63) is 59.2 Å². The second-order valence-corrected chi connectivity index (χ2v) is 5.86. The van der Waals surface area contributed by atoms with E-state index in [9.17, 15) is 9.90 Å². The van der Waals surface area contributed by atoms with Crippen molar-refractivity contribution in [3.8, 4) is 5.75 Å². The predicted octanol–water partition coefficient (Wildman–Crippen LogP) is 3.54. The first-order valence-corrected chi connectivity index (χ1v) is 7.25. The number of phenols is 1. The number of aryl methyl sites for hydroxylation is 1. The van der Waals surface area contributed by atoms with E-state index >= 15 is 0 Å². The number of para-hydroxylation sites is 1. The number of aromatic hydroxyl groups is 1. The molecule has 0 bridgehead atoms. The highest BCUT2D eigenvalue weighted by Gasteiger charge is 2.27. The summed E-state index contributed by atoms with van der Waals surface area (Å²) in [5.74, 6) is 0.548.